The number of thiazole rings is 1. The minimum atomic E-state index is -0.343. The lowest BCUT2D eigenvalue weighted by Gasteiger charge is -2.36. The third kappa shape index (κ3) is 7.20. The molecule has 2 heterocycles. The van der Waals surface area contributed by atoms with Crippen LogP contribution in [0.4, 0.5) is 19.6 Å². The van der Waals surface area contributed by atoms with Crippen LogP contribution in [0.5, 0.6) is 10.8 Å². The number of hydrogen-bond acceptors (Lipinski definition) is 7. The van der Waals surface area contributed by atoms with E-state index in [4.69, 9.17) is 9.53 Å². The molecule has 0 radical (unpaired) electrons. The molecule has 3 aromatic rings. The van der Waals surface area contributed by atoms with Gasteiger partial charge in [0.1, 0.15) is 11.6 Å². The number of halogens is 2. The SMILES string of the molecule is CNC=O.FCC1CN(Sc2cccc(Nc3ncc(Oc4cccc(F)c4)s3)c2)C1. The molecule has 1 aliphatic rings. The van der Waals surface area contributed by atoms with Crippen molar-refractivity contribution in [2.45, 2.75) is 4.90 Å². The van der Waals surface area contributed by atoms with Gasteiger partial charge in [0.2, 0.25) is 11.5 Å². The maximum absolute atomic E-state index is 13.2. The molecule has 0 unspecified atom stereocenters. The first-order valence-corrected chi connectivity index (χ1v) is 11.0. The van der Waals surface area contributed by atoms with E-state index in [1.807, 2.05) is 24.3 Å². The summed E-state index contributed by atoms with van der Waals surface area (Å²) >= 11 is 2.97. The molecule has 0 aliphatic carbocycles. The van der Waals surface area contributed by atoms with Crippen LogP contribution in [0.2, 0.25) is 0 Å². The monoisotopic (exact) mass is 464 g/mol. The largest absolute Gasteiger partial charge is 0.445 e. The molecule has 0 spiro atoms. The number of alkyl halides is 1. The molecule has 1 aromatic heterocycles. The van der Waals surface area contributed by atoms with E-state index in [1.165, 1.54) is 23.5 Å². The Hall–Kier alpha value is -2.69. The summed E-state index contributed by atoms with van der Waals surface area (Å²) in [6, 6.07) is 14.0. The second-order valence-corrected chi connectivity index (χ2v) is 8.73. The van der Waals surface area contributed by atoms with Crippen molar-refractivity contribution in [1.29, 1.82) is 0 Å². The summed E-state index contributed by atoms with van der Waals surface area (Å²) in [4.78, 5) is 14.4. The van der Waals surface area contributed by atoms with E-state index >= 15 is 0 Å². The Bertz CT molecular complexity index is 983. The number of carbonyl (C=O) groups is 1. The van der Waals surface area contributed by atoms with Crippen molar-refractivity contribution < 1.29 is 18.3 Å². The van der Waals surface area contributed by atoms with E-state index in [0.29, 0.717) is 22.4 Å². The van der Waals surface area contributed by atoms with Crippen LogP contribution in [-0.2, 0) is 4.79 Å². The van der Waals surface area contributed by atoms with Crippen LogP contribution in [0.1, 0.15) is 0 Å². The molecule has 164 valence electrons. The van der Waals surface area contributed by atoms with Crippen LogP contribution in [0.15, 0.2) is 59.6 Å². The van der Waals surface area contributed by atoms with Crippen LogP contribution in [0, 0.1) is 11.7 Å². The molecule has 10 heteroatoms. The molecule has 31 heavy (non-hydrogen) atoms. The van der Waals surface area contributed by atoms with Gasteiger partial charge in [-0.1, -0.05) is 23.5 Å². The number of hydrogen-bond donors (Lipinski definition) is 2. The van der Waals surface area contributed by atoms with Crippen molar-refractivity contribution in [2.75, 3.05) is 32.1 Å². The highest BCUT2D eigenvalue weighted by molar-refractivity contribution is 7.97. The molecule has 1 fully saturated rings. The molecule has 4 rings (SSSR count). The van der Waals surface area contributed by atoms with Gasteiger partial charge in [-0.3, -0.25) is 9.18 Å². The molecular weight excluding hydrogens is 442 g/mol. The van der Waals surface area contributed by atoms with E-state index in [9.17, 15) is 8.78 Å². The predicted molar refractivity (Wildman–Crippen MR) is 120 cm³/mol. The minimum absolute atomic E-state index is 0.172. The van der Waals surface area contributed by atoms with Crippen molar-refractivity contribution in [2.24, 2.45) is 5.92 Å². The Morgan fingerprint density at radius 2 is 2.06 bits per heavy atom. The zero-order valence-corrected chi connectivity index (χ0v) is 18.4. The number of anilines is 2. The maximum Gasteiger partial charge on any atom is 0.206 e. The van der Waals surface area contributed by atoms with Crippen molar-refractivity contribution in [1.82, 2.24) is 14.6 Å². The van der Waals surface area contributed by atoms with Crippen LogP contribution < -0.4 is 15.4 Å². The molecule has 1 saturated heterocycles. The van der Waals surface area contributed by atoms with Gasteiger partial charge in [0.05, 0.1) is 12.9 Å². The summed E-state index contributed by atoms with van der Waals surface area (Å²) in [5, 5.41) is 6.76. The Balaban J connectivity index is 0.000000628. The number of nitrogens with zero attached hydrogens (tertiary/aromatic N) is 2. The number of benzene rings is 2. The van der Waals surface area contributed by atoms with Gasteiger partial charge in [0, 0.05) is 42.7 Å². The topological polar surface area (TPSA) is 66.5 Å². The van der Waals surface area contributed by atoms with E-state index in [2.05, 4.69) is 19.9 Å². The number of nitrogens with one attached hydrogen (secondary N) is 2. The molecule has 6 nitrogen and oxygen atoms in total. The van der Waals surface area contributed by atoms with E-state index in [-0.39, 0.29) is 18.4 Å². The zero-order valence-electron chi connectivity index (χ0n) is 16.8. The Labute approximate surface area is 187 Å². The van der Waals surface area contributed by atoms with Crippen LogP contribution >= 0.6 is 23.3 Å². The quantitative estimate of drug-likeness (QED) is 0.358. The summed E-state index contributed by atoms with van der Waals surface area (Å²) in [6.45, 7) is 1.32. The fourth-order valence-corrected chi connectivity index (χ4v) is 4.50. The second-order valence-electron chi connectivity index (χ2n) is 6.56. The predicted octanol–water partition coefficient (Wildman–Crippen LogP) is 5.09. The molecule has 2 N–H and O–H groups in total. The number of ether oxygens (including phenoxy) is 1. The molecule has 0 saturated carbocycles. The summed E-state index contributed by atoms with van der Waals surface area (Å²) in [7, 11) is 1.56. The summed E-state index contributed by atoms with van der Waals surface area (Å²) in [5.41, 5.74) is 0.911. The van der Waals surface area contributed by atoms with Gasteiger partial charge in [0.25, 0.3) is 0 Å². The van der Waals surface area contributed by atoms with Gasteiger partial charge in [0.15, 0.2) is 5.13 Å². The average Bonchev–Trinajstić information content (AvgIpc) is 3.17. The molecule has 1 amide bonds. The highest BCUT2D eigenvalue weighted by atomic mass is 32.2. The summed E-state index contributed by atoms with van der Waals surface area (Å²) in [6.07, 6.45) is 2.23. The fourth-order valence-electron chi connectivity index (χ4n) is 2.61. The van der Waals surface area contributed by atoms with Crippen molar-refractivity contribution in [3.63, 3.8) is 0 Å². The normalized spacial score (nSPS) is 13.5. The average molecular weight is 465 g/mol. The van der Waals surface area contributed by atoms with Crippen molar-refractivity contribution >= 4 is 40.5 Å². The summed E-state index contributed by atoms with van der Waals surface area (Å²) in [5.74, 6) is 0.264. The number of amides is 1. The summed E-state index contributed by atoms with van der Waals surface area (Å²) < 4.78 is 33.6. The van der Waals surface area contributed by atoms with E-state index in [1.54, 1.807) is 37.3 Å². The second kappa shape index (κ2) is 11.6. The number of aromatic nitrogens is 1. The lowest BCUT2D eigenvalue weighted by Crippen LogP contribution is -2.42. The maximum atomic E-state index is 13.2. The molecule has 1 aliphatic heterocycles. The smallest absolute Gasteiger partial charge is 0.206 e. The van der Waals surface area contributed by atoms with Crippen LogP contribution in [0.3, 0.4) is 0 Å². The van der Waals surface area contributed by atoms with Gasteiger partial charge in [-0.05, 0) is 42.3 Å². The lowest BCUT2D eigenvalue weighted by atomic mass is 10.1. The third-order valence-electron chi connectivity index (χ3n) is 4.08. The molecule has 0 bridgehead atoms. The van der Waals surface area contributed by atoms with Crippen LogP contribution in [-0.4, -0.2) is 42.5 Å². The van der Waals surface area contributed by atoms with Gasteiger partial charge >= 0.3 is 0 Å². The molecule has 2 aromatic carbocycles. The number of rotatable bonds is 8. The van der Waals surface area contributed by atoms with Crippen molar-refractivity contribution in [3.05, 3.63) is 60.5 Å². The Kier molecular flexibility index (Phi) is 8.63. The first kappa shape index (κ1) is 23.0. The van der Waals surface area contributed by atoms with E-state index in [0.717, 1.165) is 23.7 Å². The third-order valence-corrected chi connectivity index (χ3v) is 5.89. The van der Waals surface area contributed by atoms with Gasteiger partial charge in [-0.2, -0.15) is 0 Å². The Morgan fingerprint density at radius 3 is 2.77 bits per heavy atom. The van der Waals surface area contributed by atoms with Gasteiger partial charge < -0.3 is 15.4 Å². The highest BCUT2D eigenvalue weighted by Gasteiger charge is 2.27. The molecular formula is C21H22F2N4O2S2. The van der Waals surface area contributed by atoms with Crippen LogP contribution in [0.25, 0.3) is 0 Å². The fraction of sp³-hybridized carbons (Fsp3) is 0.238. The number of carbonyl (C=O) groups excluding carboxylic acids is 1. The van der Waals surface area contributed by atoms with E-state index < -0.39 is 0 Å². The highest BCUT2D eigenvalue weighted by Crippen LogP contribution is 2.34. The van der Waals surface area contributed by atoms with Gasteiger partial charge in [-0.15, -0.1) is 0 Å². The van der Waals surface area contributed by atoms with Crippen molar-refractivity contribution in [3.8, 4) is 10.8 Å². The Morgan fingerprint density at radius 1 is 1.29 bits per heavy atom. The van der Waals surface area contributed by atoms with Gasteiger partial charge in [-0.25, -0.2) is 13.7 Å². The zero-order chi connectivity index (χ0) is 22.1. The minimum Gasteiger partial charge on any atom is -0.445 e. The first-order chi connectivity index (χ1) is 15.1. The standard InChI is InChI=1S/C19H17F2N3OS2.C2H5NO/c20-9-13-11-24(12-13)27-17-6-2-4-15(8-17)23-19-22-10-18(26-19)25-16-5-1-3-14(21)7-16;1-3-2-4/h1-8,10,13H,9,11-12H2,(H,22,23);2H,1H3,(H,3,4). The molecule has 0 atom stereocenters. The first-order valence-electron chi connectivity index (χ1n) is 9.45. The lowest BCUT2D eigenvalue weighted by molar-refractivity contribution is -0.109.